The number of hydrazine groups is 1. The van der Waals surface area contributed by atoms with Gasteiger partial charge >= 0.3 is 0 Å². The Labute approximate surface area is 159 Å². The van der Waals surface area contributed by atoms with E-state index in [4.69, 9.17) is 21.1 Å². The molecule has 8 heteroatoms. The minimum Gasteiger partial charge on any atom is -0.489 e. The van der Waals surface area contributed by atoms with Gasteiger partial charge in [-0.1, -0.05) is 11.6 Å². The number of ether oxygens (including phenoxy) is 2. The van der Waals surface area contributed by atoms with Gasteiger partial charge in [0.2, 0.25) is 0 Å². The first-order chi connectivity index (χ1) is 13.0. The lowest BCUT2D eigenvalue weighted by Gasteiger charge is -2.10. The summed E-state index contributed by atoms with van der Waals surface area (Å²) in [6.07, 6.45) is 3.52. The Morgan fingerprint density at radius 2 is 1.81 bits per heavy atom. The van der Waals surface area contributed by atoms with E-state index in [-0.39, 0.29) is 5.56 Å². The molecule has 0 saturated heterocycles. The van der Waals surface area contributed by atoms with Gasteiger partial charge in [0.05, 0.1) is 18.2 Å². The van der Waals surface area contributed by atoms with Crippen molar-refractivity contribution in [3.63, 3.8) is 0 Å². The third-order valence-corrected chi connectivity index (χ3v) is 3.94. The van der Waals surface area contributed by atoms with Crippen LogP contribution in [0, 0.1) is 5.82 Å². The summed E-state index contributed by atoms with van der Waals surface area (Å²) in [6, 6.07) is 8.30. The normalized spacial score (nSPS) is 13.1. The number of rotatable bonds is 3. The Kier molecular flexibility index (Phi) is 5.93. The van der Waals surface area contributed by atoms with E-state index in [0.717, 1.165) is 18.6 Å². The minimum absolute atomic E-state index is 0.218. The van der Waals surface area contributed by atoms with Gasteiger partial charge in [-0.25, -0.2) is 4.39 Å². The van der Waals surface area contributed by atoms with E-state index in [1.54, 1.807) is 12.1 Å². The van der Waals surface area contributed by atoms with Crippen molar-refractivity contribution in [1.82, 2.24) is 10.9 Å². The number of hydrogen-bond acceptors (Lipinski definition) is 4. The number of hydrogen-bond donors (Lipinski definition) is 2. The van der Waals surface area contributed by atoms with Crippen molar-refractivity contribution >= 4 is 29.5 Å². The Balaban J connectivity index is 1.60. The molecule has 1 aliphatic rings. The molecule has 1 aliphatic heterocycles. The number of nitrogens with one attached hydrogen (secondary N) is 2. The van der Waals surface area contributed by atoms with Gasteiger partial charge in [-0.3, -0.25) is 20.4 Å². The van der Waals surface area contributed by atoms with Gasteiger partial charge in [0.15, 0.2) is 11.5 Å². The van der Waals surface area contributed by atoms with Crippen LogP contribution in [-0.2, 0) is 4.79 Å². The molecule has 140 valence electrons. The summed E-state index contributed by atoms with van der Waals surface area (Å²) in [6.45, 7) is 1.05. The van der Waals surface area contributed by atoms with Crippen molar-refractivity contribution in [3.05, 3.63) is 64.4 Å². The second-order valence-corrected chi connectivity index (χ2v) is 6.07. The summed E-state index contributed by atoms with van der Waals surface area (Å²) in [5, 5.41) is 0.388. The minimum atomic E-state index is -0.560. The van der Waals surface area contributed by atoms with Gasteiger partial charge in [0, 0.05) is 18.1 Å². The number of carbonyl (C=O) groups excluding carboxylic acids is 2. The van der Waals surface area contributed by atoms with Crippen LogP contribution in [0.2, 0.25) is 5.02 Å². The van der Waals surface area contributed by atoms with Crippen molar-refractivity contribution in [2.24, 2.45) is 0 Å². The Hall–Kier alpha value is -3.06. The standard InChI is InChI=1S/C19H16ClFN2O4/c20-15-10-12(11-16-18(15)27-9-1-8-26-16)2-7-17(24)22-23-19(25)13-3-5-14(21)6-4-13/h2-7,10-11H,1,8-9H2,(H,22,24)(H,23,25)/b7-2+. The van der Waals surface area contributed by atoms with Gasteiger partial charge in [-0.15, -0.1) is 0 Å². The van der Waals surface area contributed by atoms with Crippen molar-refractivity contribution in [2.45, 2.75) is 6.42 Å². The molecule has 2 aromatic rings. The molecular formula is C19H16ClFN2O4. The predicted octanol–water partition coefficient (Wildman–Crippen LogP) is 3.11. The van der Waals surface area contributed by atoms with Gasteiger partial charge in [-0.05, 0) is 48.0 Å². The Morgan fingerprint density at radius 1 is 1.07 bits per heavy atom. The lowest BCUT2D eigenvalue weighted by atomic mass is 10.2. The lowest BCUT2D eigenvalue weighted by Crippen LogP contribution is -2.40. The van der Waals surface area contributed by atoms with Crippen LogP contribution in [-0.4, -0.2) is 25.0 Å². The van der Waals surface area contributed by atoms with E-state index in [1.165, 1.54) is 24.3 Å². The average Bonchev–Trinajstić information content (AvgIpc) is 2.91. The molecule has 2 N–H and O–H groups in total. The fourth-order valence-corrected chi connectivity index (χ4v) is 2.63. The third kappa shape index (κ3) is 4.98. The SMILES string of the molecule is O=C(/C=C/c1cc(Cl)c2c(c1)OCCCO2)NNC(=O)c1ccc(F)cc1. The Bertz CT molecular complexity index is 884. The summed E-state index contributed by atoms with van der Waals surface area (Å²) in [5.74, 6) is -0.552. The molecule has 27 heavy (non-hydrogen) atoms. The quantitative estimate of drug-likeness (QED) is 0.623. The predicted molar refractivity (Wildman–Crippen MR) is 98.1 cm³/mol. The largest absolute Gasteiger partial charge is 0.489 e. The molecule has 0 bridgehead atoms. The number of amides is 2. The Morgan fingerprint density at radius 3 is 2.59 bits per heavy atom. The monoisotopic (exact) mass is 390 g/mol. The number of benzene rings is 2. The molecular weight excluding hydrogens is 375 g/mol. The van der Waals surface area contributed by atoms with Crippen LogP contribution in [0.5, 0.6) is 11.5 Å². The fourth-order valence-electron chi connectivity index (χ4n) is 2.35. The molecule has 0 fully saturated rings. The van der Waals surface area contributed by atoms with Crippen LogP contribution in [0.25, 0.3) is 6.08 Å². The summed E-state index contributed by atoms with van der Waals surface area (Å²) < 4.78 is 24.0. The van der Waals surface area contributed by atoms with Crippen molar-refractivity contribution in [3.8, 4) is 11.5 Å². The molecule has 2 amide bonds. The highest BCUT2D eigenvalue weighted by Gasteiger charge is 2.15. The van der Waals surface area contributed by atoms with E-state index in [9.17, 15) is 14.0 Å². The maximum atomic E-state index is 12.8. The molecule has 6 nitrogen and oxygen atoms in total. The smallest absolute Gasteiger partial charge is 0.269 e. The van der Waals surface area contributed by atoms with E-state index < -0.39 is 17.6 Å². The van der Waals surface area contributed by atoms with Crippen molar-refractivity contribution in [1.29, 1.82) is 0 Å². The summed E-state index contributed by atoms with van der Waals surface area (Å²) in [4.78, 5) is 23.7. The van der Waals surface area contributed by atoms with E-state index in [0.29, 0.717) is 35.3 Å². The second-order valence-electron chi connectivity index (χ2n) is 5.66. The van der Waals surface area contributed by atoms with Gasteiger partial charge in [0.25, 0.3) is 11.8 Å². The molecule has 2 aromatic carbocycles. The molecule has 0 spiro atoms. The van der Waals surface area contributed by atoms with Gasteiger partial charge in [-0.2, -0.15) is 0 Å². The topological polar surface area (TPSA) is 76.7 Å². The zero-order valence-corrected chi connectivity index (χ0v) is 14.9. The van der Waals surface area contributed by atoms with Crippen LogP contribution in [0.4, 0.5) is 4.39 Å². The van der Waals surface area contributed by atoms with Crippen LogP contribution < -0.4 is 20.3 Å². The molecule has 3 rings (SSSR count). The second kappa shape index (κ2) is 8.55. The van der Waals surface area contributed by atoms with Gasteiger partial charge in [0.1, 0.15) is 5.82 Å². The first-order valence-electron chi connectivity index (χ1n) is 8.16. The summed E-state index contributed by atoms with van der Waals surface area (Å²) in [7, 11) is 0. The molecule has 0 atom stereocenters. The number of halogens is 2. The summed E-state index contributed by atoms with van der Waals surface area (Å²) in [5.41, 5.74) is 5.35. The van der Waals surface area contributed by atoms with Crippen molar-refractivity contribution < 1.29 is 23.5 Å². The van der Waals surface area contributed by atoms with E-state index in [2.05, 4.69) is 10.9 Å². The zero-order valence-electron chi connectivity index (χ0n) is 14.1. The van der Waals surface area contributed by atoms with Gasteiger partial charge < -0.3 is 9.47 Å². The zero-order chi connectivity index (χ0) is 19.2. The first kappa shape index (κ1) is 18.7. The van der Waals surface area contributed by atoms with Crippen LogP contribution in [0.1, 0.15) is 22.3 Å². The number of carbonyl (C=O) groups is 2. The maximum Gasteiger partial charge on any atom is 0.269 e. The average molecular weight is 391 g/mol. The number of fused-ring (bicyclic) bond motifs is 1. The van der Waals surface area contributed by atoms with Crippen LogP contribution in [0.3, 0.4) is 0 Å². The maximum absolute atomic E-state index is 12.8. The molecule has 0 aliphatic carbocycles. The van der Waals surface area contributed by atoms with E-state index >= 15 is 0 Å². The molecule has 1 heterocycles. The highest BCUT2D eigenvalue weighted by Crippen LogP contribution is 2.38. The highest BCUT2D eigenvalue weighted by atomic mass is 35.5. The first-order valence-corrected chi connectivity index (χ1v) is 8.54. The molecule has 0 radical (unpaired) electrons. The highest BCUT2D eigenvalue weighted by molar-refractivity contribution is 6.32. The van der Waals surface area contributed by atoms with E-state index in [1.807, 2.05) is 0 Å². The molecule has 0 unspecified atom stereocenters. The van der Waals surface area contributed by atoms with Crippen LogP contribution in [0.15, 0.2) is 42.5 Å². The molecule has 0 saturated carbocycles. The molecule has 0 aromatic heterocycles. The third-order valence-electron chi connectivity index (χ3n) is 3.66. The van der Waals surface area contributed by atoms with Crippen LogP contribution >= 0.6 is 11.6 Å². The summed E-state index contributed by atoms with van der Waals surface area (Å²) >= 11 is 6.19. The lowest BCUT2D eigenvalue weighted by molar-refractivity contribution is -0.117. The van der Waals surface area contributed by atoms with Crippen molar-refractivity contribution in [2.75, 3.05) is 13.2 Å². The fraction of sp³-hybridized carbons (Fsp3) is 0.158.